The molecule has 0 radical (unpaired) electrons. The summed E-state index contributed by atoms with van der Waals surface area (Å²) in [7, 11) is 0. The maximum atomic E-state index is 13.6. The molecule has 2 N–H and O–H groups in total. The van der Waals surface area contributed by atoms with Gasteiger partial charge >= 0.3 is 12.2 Å². The van der Waals surface area contributed by atoms with Crippen molar-refractivity contribution >= 4 is 17.6 Å². The summed E-state index contributed by atoms with van der Waals surface area (Å²) in [6.07, 6.45) is -2.44. The quantitative estimate of drug-likeness (QED) is 0.666. The molecule has 5 rings (SSSR count). The number of nitrogens with two attached hydrogens (primary N) is 1. The molecule has 0 saturated carbocycles. The van der Waals surface area contributed by atoms with Crippen LogP contribution in [0.5, 0.6) is 0 Å². The van der Waals surface area contributed by atoms with Gasteiger partial charge in [0.15, 0.2) is 5.69 Å². The Labute approximate surface area is 206 Å². The van der Waals surface area contributed by atoms with Crippen molar-refractivity contribution in [2.24, 2.45) is 17.6 Å². The molecule has 0 aliphatic carbocycles. The number of morpholine rings is 1. The van der Waals surface area contributed by atoms with E-state index in [1.54, 1.807) is 4.90 Å². The maximum absolute atomic E-state index is 13.6. The highest BCUT2D eigenvalue weighted by molar-refractivity contribution is 5.91. The van der Waals surface area contributed by atoms with Crippen LogP contribution >= 0.6 is 0 Å². The number of nitrogens with zero attached hydrogens (tertiary/aromatic N) is 5. The number of primary amides is 1. The van der Waals surface area contributed by atoms with E-state index in [0.29, 0.717) is 75.4 Å². The third-order valence-electron chi connectivity index (χ3n) is 7.27. The Balaban J connectivity index is 1.18. The fraction of sp³-hybridized carbons (Fsp3) is 0.542. The molecule has 2 amide bonds. The summed E-state index contributed by atoms with van der Waals surface area (Å²) in [5, 5.41) is 3.94. The molecule has 1 aromatic carbocycles. The van der Waals surface area contributed by atoms with Crippen LogP contribution in [-0.4, -0.2) is 90.5 Å². The van der Waals surface area contributed by atoms with Gasteiger partial charge in [-0.25, -0.2) is 4.79 Å². The Morgan fingerprint density at radius 2 is 1.75 bits per heavy atom. The fourth-order valence-electron chi connectivity index (χ4n) is 5.41. The number of carbonyl (C=O) groups excluding carboxylic acids is 2. The van der Waals surface area contributed by atoms with E-state index in [-0.39, 0.29) is 11.7 Å². The summed E-state index contributed by atoms with van der Waals surface area (Å²) in [4.78, 5) is 29.9. The van der Waals surface area contributed by atoms with Crippen LogP contribution in [-0.2, 0) is 17.3 Å². The van der Waals surface area contributed by atoms with Gasteiger partial charge in [0.2, 0.25) is 0 Å². The van der Waals surface area contributed by atoms with E-state index < -0.39 is 17.6 Å². The lowest BCUT2D eigenvalue weighted by molar-refractivity contribution is -0.137. The van der Waals surface area contributed by atoms with Gasteiger partial charge in [-0.2, -0.15) is 23.0 Å². The zero-order valence-corrected chi connectivity index (χ0v) is 19.8. The first-order chi connectivity index (χ1) is 17.2. The van der Waals surface area contributed by atoms with Crippen LogP contribution in [0.25, 0.3) is 0 Å². The molecular weight excluding hydrogens is 477 g/mol. The van der Waals surface area contributed by atoms with E-state index in [1.807, 2.05) is 11.0 Å². The number of amides is 2. The molecule has 2 atom stereocenters. The highest BCUT2D eigenvalue weighted by Crippen LogP contribution is 2.34. The van der Waals surface area contributed by atoms with Crippen molar-refractivity contribution in [3.8, 4) is 0 Å². The van der Waals surface area contributed by atoms with Crippen molar-refractivity contribution in [3.05, 3.63) is 47.3 Å². The lowest BCUT2D eigenvalue weighted by Crippen LogP contribution is -2.37. The van der Waals surface area contributed by atoms with Crippen LogP contribution in [0.1, 0.15) is 21.6 Å². The van der Waals surface area contributed by atoms with E-state index in [2.05, 4.69) is 10.00 Å². The second-order valence-electron chi connectivity index (χ2n) is 9.71. The molecule has 2 aromatic rings. The third-order valence-corrected chi connectivity index (χ3v) is 7.27. The number of aromatic nitrogens is 2. The van der Waals surface area contributed by atoms with Gasteiger partial charge in [0, 0.05) is 57.7 Å². The van der Waals surface area contributed by atoms with Crippen molar-refractivity contribution in [2.75, 3.05) is 63.9 Å². The van der Waals surface area contributed by atoms with Gasteiger partial charge in [0.25, 0.3) is 5.91 Å². The van der Waals surface area contributed by atoms with E-state index in [4.69, 9.17) is 10.5 Å². The number of benzene rings is 1. The largest absolute Gasteiger partial charge is 0.416 e. The van der Waals surface area contributed by atoms with Gasteiger partial charge in [0.05, 0.1) is 18.8 Å². The predicted molar refractivity (Wildman–Crippen MR) is 125 cm³/mol. The average Bonchev–Trinajstić information content (AvgIpc) is 3.57. The Hall–Kier alpha value is -3.12. The van der Waals surface area contributed by atoms with E-state index in [0.717, 1.165) is 17.8 Å². The van der Waals surface area contributed by atoms with E-state index >= 15 is 0 Å². The number of alkyl halides is 3. The number of ether oxygens (including phenoxy) is 1. The molecule has 3 fully saturated rings. The van der Waals surface area contributed by atoms with Crippen LogP contribution in [0, 0.1) is 11.8 Å². The molecule has 1 aromatic heterocycles. The first-order valence-electron chi connectivity index (χ1n) is 12.1. The summed E-state index contributed by atoms with van der Waals surface area (Å²) in [5.74, 6) is -0.0931. The number of halogens is 3. The topological polar surface area (TPSA) is 96.9 Å². The molecule has 9 nitrogen and oxygen atoms in total. The number of anilines is 1. The fourth-order valence-corrected chi connectivity index (χ4v) is 5.41. The van der Waals surface area contributed by atoms with Crippen molar-refractivity contribution in [2.45, 2.75) is 12.6 Å². The van der Waals surface area contributed by atoms with Gasteiger partial charge in [-0.3, -0.25) is 4.79 Å². The van der Waals surface area contributed by atoms with Crippen molar-refractivity contribution in [1.82, 2.24) is 19.6 Å². The summed E-state index contributed by atoms with van der Waals surface area (Å²) in [5.41, 5.74) is 5.89. The minimum atomic E-state index is -4.40. The molecule has 36 heavy (non-hydrogen) atoms. The normalized spacial score (nSPS) is 22.8. The predicted octanol–water partition coefficient (Wildman–Crippen LogP) is 1.91. The van der Waals surface area contributed by atoms with Crippen molar-refractivity contribution < 1.29 is 27.5 Å². The first kappa shape index (κ1) is 24.6. The molecule has 3 aliphatic heterocycles. The smallest absolute Gasteiger partial charge is 0.378 e. The molecule has 194 valence electrons. The average molecular weight is 507 g/mol. The monoisotopic (exact) mass is 506 g/mol. The zero-order valence-electron chi connectivity index (χ0n) is 19.8. The molecule has 2 unspecified atom stereocenters. The van der Waals surface area contributed by atoms with Gasteiger partial charge < -0.3 is 25.2 Å². The highest BCUT2D eigenvalue weighted by Gasteiger charge is 2.42. The SMILES string of the molecule is NC(=O)c1ccn(C(=O)N2CC3CN(CCc4cc(N5CCOCC5)cc(C(F)(F)F)c4)CC3C2)n1. The van der Waals surface area contributed by atoms with E-state index in [9.17, 15) is 22.8 Å². The summed E-state index contributed by atoms with van der Waals surface area (Å²) < 4.78 is 47.2. The maximum Gasteiger partial charge on any atom is 0.416 e. The Bertz CT molecular complexity index is 1120. The van der Waals surface area contributed by atoms with Crippen LogP contribution in [0.2, 0.25) is 0 Å². The molecule has 0 bridgehead atoms. The highest BCUT2D eigenvalue weighted by atomic mass is 19.4. The summed E-state index contributed by atoms with van der Waals surface area (Å²) in [6, 6.07) is 5.47. The lowest BCUT2D eigenvalue weighted by atomic mass is 10.0. The zero-order chi connectivity index (χ0) is 25.4. The molecule has 0 spiro atoms. The van der Waals surface area contributed by atoms with E-state index in [1.165, 1.54) is 24.4 Å². The number of fused-ring (bicyclic) bond motifs is 1. The van der Waals surface area contributed by atoms with Gasteiger partial charge in [-0.1, -0.05) is 0 Å². The number of rotatable bonds is 5. The standard InChI is InChI=1S/C24H29F3N6O3/c25-24(26,27)19-9-16(10-20(11-19)31-5-7-36-8-6-31)1-3-30-12-17-14-32(15-18(17)13-30)23(35)33-4-2-21(29-33)22(28)34/h2,4,9-11,17-18H,1,3,5-8,12-15H2,(H2,28,34). The summed E-state index contributed by atoms with van der Waals surface area (Å²) >= 11 is 0. The van der Waals surface area contributed by atoms with Gasteiger partial charge in [-0.05, 0) is 48.1 Å². The van der Waals surface area contributed by atoms with Crippen LogP contribution in [0.15, 0.2) is 30.5 Å². The Morgan fingerprint density at radius 1 is 1.06 bits per heavy atom. The molecule has 3 aliphatic rings. The van der Waals surface area contributed by atoms with Crippen LogP contribution < -0.4 is 10.6 Å². The number of carbonyl (C=O) groups is 2. The second-order valence-corrected chi connectivity index (χ2v) is 9.71. The molecular formula is C24H29F3N6O3. The summed E-state index contributed by atoms with van der Waals surface area (Å²) in [6.45, 7) is 5.56. The Morgan fingerprint density at radius 3 is 2.36 bits per heavy atom. The minimum absolute atomic E-state index is 0.0419. The second kappa shape index (κ2) is 9.74. The number of hydrogen-bond acceptors (Lipinski definition) is 6. The Kier molecular flexibility index (Phi) is 6.64. The number of likely N-dealkylation sites (tertiary alicyclic amines) is 2. The first-order valence-corrected chi connectivity index (χ1v) is 12.1. The molecule has 12 heteroatoms. The minimum Gasteiger partial charge on any atom is -0.378 e. The van der Waals surface area contributed by atoms with Gasteiger partial charge in [-0.15, -0.1) is 0 Å². The lowest BCUT2D eigenvalue weighted by Gasteiger charge is -2.30. The van der Waals surface area contributed by atoms with Crippen molar-refractivity contribution in [3.63, 3.8) is 0 Å². The third kappa shape index (κ3) is 5.19. The van der Waals surface area contributed by atoms with Crippen LogP contribution in [0.3, 0.4) is 0 Å². The molecule has 4 heterocycles. The van der Waals surface area contributed by atoms with Crippen LogP contribution in [0.4, 0.5) is 23.7 Å². The van der Waals surface area contributed by atoms with Crippen molar-refractivity contribution in [1.29, 1.82) is 0 Å². The number of hydrogen-bond donors (Lipinski definition) is 1. The van der Waals surface area contributed by atoms with Gasteiger partial charge in [0.1, 0.15) is 0 Å². The molecule has 3 saturated heterocycles.